The Labute approximate surface area is 202 Å². The second-order valence-corrected chi connectivity index (χ2v) is 8.02. The molecular formula is C28H23FN4O2. The summed E-state index contributed by atoms with van der Waals surface area (Å²) in [5.41, 5.74) is 4.87. The molecule has 5 aromatic rings. The molecule has 0 atom stereocenters. The maximum atomic E-state index is 13.4. The number of anilines is 1. The predicted molar refractivity (Wildman–Crippen MR) is 135 cm³/mol. The molecule has 174 valence electrons. The van der Waals surface area contributed by atoms with Gasteiger partial charge < -0.3 is 10.1 Å². The van der Waals surface area contributed by atoms with Crippen LogP contribution in [0.5, 0.6) is 5.75 Å². The van der Waals surface area contributed by atoms with Crippen molar-refractivity contribution in [3.63, 3.8) is 0 Å². The van der Waals surface area contributed by atoms with Gasteiger partial charge in [0.15, 0.2) is 0 Å². The lowest BCUT2D eigenvalue weighted by molar-refractivity contribution is 0.102. The van der Waals surface area contributed by atoms with Crippen molar-refractivity contribution in [3.8, 4) is 22.7 Å². The molecule has 0 aliphatic carbocycles. The molecule has 0 fully saturated rings. The number of fused-ring (bicyclic) bond motifs is 1. The quantitative estimate of drug-likeness (QED) is 0.324. The smallest absolute Gasteiger partial charge is 0.256 e. The summed E-state index contributed by atoms with van der Waals surface area (Å²) in [4.78, 5) is 18.1. The van der Waals surface area contributed by atoms with E-state index in [1.165, 1.54) is 12.1 Å². The molecule has 5 rings (SSSR count). The first-order valence-corrected chi connectivity index (χ1v) is 11.3. The number of ether oxygens (including phenoxy) is 1. The molecule has 3 aromatic carbocycles. The first-order chi connectivity index (χ1) is 17.0. The average Bonchev–Trinajstić information content (AvgIpc) is 3.26. The van der Waals surface area contributed by atoms with Gasteiger partial charge >= 0.3 is 0 Å². The van der Waals surface area contributed by atoms with Crippen LogP contribution in [0.25, 0.3) is 27.8 Å². The maximum Gasteiger partial charge on any atom is 0.256 e. The summed E-state index contributed by atoms with van der Waals surface area (Å²) in [6, 6.07) is 22.7. The minimum atomic E-state index is -0.307. The molecule has 0 saturated heterocycles. The van der Waals surface area contributed by atoms with Crippen LogP contribution in [0.1, 0.15) is 23.0 Å². The number of carbonyl (C=O) groups excluding carboxylic acids is 1. The molecule has 0 unspecified atom stereocenters. The lowest BCUT2D eigenvalue weighted by Crippen LogP contribution is -2.13. The number of nitrogens with zero attached hydrogens (tertiary/aromatic N) is 3. The minimum Gasteiger partial charge on any atom is -0.494 e. The van der Waals surface area contributed by atoms with Crippen LogP contribution in [0.2, 0.25) is 0 Å². The first kappa shape index (κ1) is 22.3. The normalized spacial score (nSPS) is 10.9. The number of carbonyl (C=O) groups is 1. The molecule has 2 heterocycles. The zero-order chi connectivity index (χ0) is 24.4. The largest absolute Gasteiger partial charge is 0.494 e. The minimum absolute atomic E-state index is 0.238. The Kier molecular flexibility index (Phi) is 5.97. The van der Waals surface area contributed by atoms with Gasteiger partial charge in [0.05, 0.1) is 41.0 Å². The molecule has 0 radical (unpaired) electrons. The third-order valence-electron chi connectivity index (χ3n) is 5.74. The lowest BCUT2D eigenvalue weighted by Gasteiger charge is -2.11. The maximum absolute atomic E-state index is 13.4. The highest BCUT2D eigenvalue weighted by Crippen LogP contribution is 2.29. The average molecular weight is 467 g/mol. The Morgan fingerprint density at radius 2 is 1.77 bits per heavy atom. The summed E-state index contributed by atoms with van der Waals surface area (Å²) < 4.78 is 20.6. The lowest BCUT2D eigenvalue weighted by atomic mass is 10.0. The molecule has 0 spiro atoms. The van der Waals surface area contributed by atoms with E-state index in [1.54, 1.807) is 29.1 Å². The van der Waals surface area contributed by atoms with Crippen molar-refractivity contribution in [2.75, 3.05) is 11.9 Å². The molecule has 2 aromatic heterocycles. The second-order valence-electron chi connectivity index (χ2n) is 8.02. The number of para-hydroxylation sites is 1. The SMILES string of the molecule is CCOc1ccc(NC(=O)c2cc(-c3cnn(-c4ccc(F)cc4)c3C)nc3ccccc23)cc1. The van der Waals surface area contributed by atoms with Crippen LogP contribution in [-0.4, -0.2) is 27.3 Å². The van der Waals surface area contributed by atoms with E-state index in [0.29, 0.717) is 29.1 Å². The fourth-order valence-corrected chi connectivity index (χ4v) is 4.00. The molecule has 1 N–H and O–H groups in total. The number of pyridine rings is 1. The van der Waals surface area contributed by atoms with Crippen LogP contribution in [-0.2, 0) is 0 Å². The number of benzene rings is 3. The Bertz CT molecular complexity index is 1510. The van der Waals surface area contributed by atoms with Crippen molar-refractivity contribution in [2.24, 2.45) is 0 Å². The topological polar surface area (TPSA) is 69.0 Å². The van der Waals surface area contributed by atoms with Crippen molar-refractivity contribution >= 4 is 22.5 Å². The van der Waals surface area contributed by atoms with Crippen LogP contribution < -0.4 is 10.1 Å². The van der Waals surface area contributed by atoms with Crippen molar-refractivity contribution in [1.29, 1.82) is 0 Å². The molecule has 0 aliphatic heterocycles. The Hall–Kier alpha value is -4.52. The predicted octanol–water partition coefficient (Wildman–Crippen LogP) is 6.19. The number of hydrogen-bond donors (Lipinski definition) is 1. The van der Waals surface area contributed by atoms with E-state index < -0.39 is 0 Å². The van der Waals surface area contributed by atoms with Gasteiger partial charge in [-0.25, -0.2) is 14.1 Å². The summed E-state index contributed by atoms with van der Waals surface area (Å²) >= 11 is 0. The Balaban J connectivity index is 1.53. The van der Waals surface area contributed by atoms with Crippen LogP contribution in [0.4, 0.5) is 10.1 Å². The number of rotatable bonds is 6. The van der Waals surface area contributed by atoms with Crippen molar-refractivity contribution in [3.05, 3.63) is 102 Å². The summed E-state index contributed by atoms with van der Waals surface area (Å²) in [7, 11) is 0. The standard InChI is InChI=1S/C28H23FN4O2/c1-3-35-22-14-10-20(11-15-22)31-28(34)24-16-27(32-26-7-5-4-6-23(24)26)25-17-30-33(18(25)2)21-12-8-19(29)9-13-21/h4-17H,3H2,1-2H3,(H,31,34). The zero-order valence-electron chi connectivity index (χ0n) is 19.3. The van der Waals surface area contributed by atoms with Gasteiger partial charge in [0.2, 0.25) is 0 Å². The summed E-state index contributed by atoms with van der Waals surface area (Å²) in [5, 5.41) is 8.20. The van der Waals surface area contributed by atoms with E-state index in [-0.39, 0.29) is 11.7 Å². The number of hydrogen-bond acceptors (Lipinski definition) is 4. The van der Waals surface area contributed by atoms with Crippen LogP contribution in [0, 0.1) is 12.7 Å². The van der Waals surface area contributed by atoms with Gasteiger partial charge in [-0.1, -0.05) is 18.2 Å². The van der Waals surface area contributed by atoms with Gasteiger partial charge in [0.25, 0.3) is 5.91 Å². The van der Waals surface area contributed by atoms with Crippen molar-refractivity contribution in [1.82, 2.24) is 14.8 Å². The van der Waals surface area contributed by atoms with E-state index >= 15 is 0 Å². The summed E-state index contributed by atoms with van der Waals surface area (Å²) in [6.45, 7) is 4.42. The van der Waals surface area contributed by atoms with E-state index in [9.17, 15) is 9.18 Å². The fraction of sp³-hybridized carbons (Fsp3) is 0.107. The molecule has 0 aliphatic rings. The van der Waals surface area contributed by atoms with Gasteiger partial charge in [-0.15, -0.1) is 0 Å². The Morgan fingerprint density at radius 3 is 2.51 bits per heavy atom. The molecule has 6 nitrogen and oxygen atoms in total. The highest BCUT2D eigenvalue weighted by molar-refractivity contribution is 6.13. The fourth-order valence-electron chi connectivity index (χ4n) is 4.00. The first-order valence-electron chi connectivity index (χ1n) is 11.3. The molecular weight excluding hydrogens is 443 g/mol. The highest BCUT2D eigenvalue weighted by atomic mass is 19.1. The second kappa shape index (κ2) is 9.38. The number of aromatic nitrogens is 3. The van der Waals surface area contributed by atoms with Gasteiger partial charge in [-0.2, -0.15) is 5.10 Å². The number of amides is 1. The van der Waals surface area contributed by atoms with E-state index in [0.717, 1.165) is 28.1 Å². The Morgan fingerprint density at radius 1 is 1.03 bits per heavy atom. The van der Waals surface area contributed by atoms with Crippen LogP contribution in [0.15, 0.2) is 85.1 Å². The van der Waals surface area contributed by atoms with Crippen LogP contribution >= 0.6 is 0 Å². The van der Waals surface area contributed by atoms with Gasteiger partial charge in [0, 0.05) is 16.6 Å². The monoisotopic (exact) mass is 466 g/mol. The molecule has 0 saturated carbocycles. The molecule has 0 bridgehead atoms. The van der Waals surface area contributed by atoms with E-state index in [4.69, 9.17) is 9.72 Å². The van der Waals surface area contributed by atoms with Crippen molar-refractivity contribution < 1.29 is 13.9 Å². The third-order valence-corrected chi connectivity index (χ3v) is 5.74. The van der Waals surface area contributed by atoms with Gasteiger partial charge in [-0.05, 0) is 74.5 Å². The number of halogens is 1. The third kappa shape index (κ3) is 4.48. The zero-order valence-corrected chi connectivity index (χ0v) is 19.3. The van der Waals surface area contributed by atoms with Crippen molar-refractivity contribution in [2.45, 2.75) is 13.8 Å². The number of nitrogens with one attached hydrogen (secondary N) is 1. The van der Waals surface area contributed by atoms with Crippen LogP contribution in [0.3, 0.4) is 0 Å². The van der Waals surface area contributed by atoms with Gasteiger partial charge in [0.1, 0.15) is 11.6 Å². The van der Waals surface area contributed by atoms with E-state index in [2.05, 4.69) is 10.4 Å². The van der Waals surface area contributed by atoms with Gasteiger partial charge in [-0.3, -0.25) is 4.79 Å². The highest BCUT2D eigenvalue weighted by Gasteiger charge is 2.17. The summed E-state index contributed by atoms with van der Waals surface area (Å²) in [6.07, 6.45) is 1.71. The molecule has 7 heteroatoms. The molecule has 1 amide bonds. The summed E-state index contributed by atoms with van der Waals surface area (Å²) in [5.74, 6) is 0.200. The van der Waals surface area contributed by atoms with E-state index in [1.807, 2.05) is 62.4 Å². The molecule has 35 heavy (non-hydrogen) atoms.